The number of benzene rings is 2. The van der Waals surface area contributed by atoms with Crippen molar-refractivity contribution < 1.29 is 22.9 Å². The third-order valence-corrected chi connectivity index (χ3v) is 5.07. The first-order valence-corrected chi connectivity index (χ1v) is 7.88. The number of amides is 1. The molecule has 118 valence electrons. The Balaban J connectivity index is 1.79. The van der Waals surface area contributed by atoms with Crippen molar-refractivity contribution in [2.24, 2.45) is 0 Å². The highest BCUT2D eigenvalue weighted by Gasteiger charge is 2.41. The molecule has 0 unspecified atom stereocenters. The molecule has 0 radical (unpaired) electrons. The van der Waals surface area contributed by atoms with Gasteiger partial charge < -0.3 is 4.74 Å². The van der Waals surface area contributed by atoms with Crippen LogP contribution in [-0.4, -0.2) is 30.3 Å². The summed E-state index contributed by atoms with van der Waals surface area (Å²) < 4.78 is 30.5. The molecule has 0 atom stereocenters. The molecule has 0 aromatic heterocycles. The van der Waals surface area contributed by atoms with Crippen LogP contribution in [0.1, 0.15) is 10.4 Å². The number of nitro benzene ring substituents is 1. The van der Waals surface area contributed by atoms with Gasteiger partial charge in [0.2, 0.25) is 0 Å². The van der Waals surface area contributed by atoms with Crippen LogP contribution in [0.3, 0.4) is 0 Å². The Hall–Kier alpha value is -2.94. The smallest absolute Gasteiger partial charge is 0.271 e. The normalized spacial score (nSPS) is 15.3. The summed E-state index contributed by atoms with van der Waals surface area (Å²) in [6.45, 7) is -0.506. The minimum Gasteiger partial charge on any atom is -0.472 e. The molecule has 2 aromatic carbocycles. The van der Waals surface area contributed by atoms with Gasteiger partial charge in [-0.2, -0.15) is 4.31 Å². The van der Waals surface area contributed by atoms with Gasteiger partial charge in [-0.1, -0.05) is 12.1 Å². The molecule has 3 rings (SSSR count). The van der Waals surface area contributed by atoms with Gasteiger partial charge >= 0.3 is 0 Å². The summed E-state index contributed by atoms with van der Waals surface area (Å²) in [5, 5.41) is 10.6. The van der Waals surface area contributed by atoms with Crippen LogP contribution in [0.15, 0.2) is 53.4 Å². The second kappa shape index (κ2) is 5.36. The quantitative estimate of drug-likeness (QED) is 0.623. The molecule has 23 heavy (non-hydrogen) atoms. The number of rotatable bonds is 4. The lowest BCUT2D eigenvalue weighted by Crippen LogP contribution is -2.33. The van der Waals surface area contributed by atoms with E-state index in [0.29, 0.717) is 4.31 Å². The van der Waals surface area contributed by atoms with E-state index in [2.05, 4.69) is 0 Å². The molecule has 8 nitrogen and oxygen atoms in total. The maximum Gasteiger partial charge on any atom is 0.271 e. The van der Waals surface area contributed by atoms with Crippen molar-refractivity contribution in [3.8, 4) is 5.75 Å². The number of carbonyl (C=O) groups excluding carboxylic acids is 1. The van der Waals surface area contributed by atoms with E-state index in [9.17, 15) is 23.3 Å². The average Bonchev–Trinajstić information content (AvgIpc) is 2.73. The molecule has 1 aliphatic rings. The van der Waals surface area contributed by atoms with Gasteiger partial charge in [0.15, 0.2) is 6.73 Å². The van der Waals surface area contributed by atoms with Gasteiger partial charge in [-0.15, -0.1) is 0 Å². The topological polar surface area (TPSA) is 107 Å². The van der Waals surface area contributed by atoms with Gasteiger partial charge in [-0.25, -0.2) is 8.42 Å². The third kappa shape index (κ3) is 2.50. The Labute approximate surface area is 131 Å². The van der Waals surface area contributed by atoms with Crippen molar-refractivity contribution in [2.45, 2.75) is 4.90 Å². The molecule has 2 aromatic rings. The lowest BCUT2D eigenvalue weighted by molar-refractivity contribution is -0.384. The molecule has 0 spiro atoms. The largest absolute Gasteiger partial charge is 0.472 e. The van der Waals surface area contributed by atoms with Gasteiger partial charge in [-0.05, 0) is 24.3 Å². The highest BCUT2D eigenvalue weighted by molar-refractivity contribution is 7.90. The van der Waals surface area contributed by atoms with Crippen molar-refractivity contribution >= 4 is 21.6 Å². The SMILES string of the molecule is O=C1c2ccccc2S(=O)(=O)N1COc1ccc([N+](=O)[O-])cc1. The number of nitrogens with zero attached hydrogens (tertiary/aromatic N) is 2. The zero-order valence-electron chi connectivity index (χ0n) is 11.6. The predicted octanol–water partition coefficient (Wildman–Crippen LogP) is 1.78. The molecule has 9 heteroatoms. The number of ether oxygens (including phenoxy) is 1. The Morgan fingerprint density at radius 1 is 1.09 bits per heavy atom. The first-order chi connectivity index (χ1) is 10.9. The van der Waals surface area contributed by atoms with Gasteiger partial charge in [0, 0.05) is 12.1 Å². The molecule has 0 fully saturated rings. The summed E-state index contributed by atoms with van der Waals surface area (Å²) in [7, 11) is -3.94. The van der Waals surface area contributed by atoms with E-state index in [1.807, 2.05) is 0 Å². The Bertz CT molecular complexity index is 892. The lowest BCUT2D eigenvalue weighted by atomic mass is 10.2. The van der Waals surface area contributed by atoms with Crippen molar-refractivity contribution in [3.05, 3.63) is 64.2 Å². The zero-order chi connectivity index (χ0) is 16.6. The second-order valence-electron chi connectivity index (χ2n) is 4.68. The lowest BCUT2D eigenvalue weighted by Gasteiger charge is -2.15. The van der Waals surface area contributed by atoms with E-state index in [1.54, 1.807) is 6.07 Å². The summed E-state index contributed by atoms with van der Waals surface area (Å²) in [5.74, 6) is -0.447. The van der Waals surface area contributed by atoms with Crippen LogP contribution >= 0.6 is 0 Å². The summed E-state index contributed by atoms with van der Waals surface area (Å²) in [4.78, 5) is 22.1. The summed E-state index contributed by atoms with van der Waals surface area (Å²) in [5.41, 5.74) is -0.0191. The molecular formula is C14H10N2O6S. The highest BCUT2D eigenvalue weighted by atomic mass is 32.2. The molecule has 1 heterocycles. The Morgan fingerprint density at radius 2 is 1.74 bits per heavy atom. The Kier molecular flexibility index (Phi) is 3.49. The predicted molar refractivity (Wildman–Crippen MR) is 78.4 cm³/mol. The van der Waals surface area contributed by atoms with E-state index in [4.69, 9.17) is 4.74 Å². The minimum atomic E-state index is -3.94. The van der Waals surface area contributed by atoms with Crippen molar-refractivity contribution in [1.29, 1.82) is 0 Å². The second-order valence-corrected chi connectivity index (χ2v) is 6.51. The number of non-ortho nitro benzene ring substituents is 1. The fraction of sp³-hybridized carbons (Fsp3) is 0.0714. The fourth-order valence-corrected chi connectivity index (χ4v) is 3.59. The number of carbonyl (C=O) groups is 1. The van der Waals surface area contributed by atoms with Gasteiger partial charge in [0.1, 0.15) is 10.6 Å². The number of fused-ring (bicyclic) bond motifs is 1. The van der Waals surface area contributed by atoms with Gasteiger partial charge in [-0.3, -0.25) is 14.9 Å². The Morgan fingerprint density at radius 3 is 2.35 bits per heavy atom. The van der Waals surface area contributed by atoms with Crippen molar-refractivity contribution in [2.75, 3.05) is 6.73 Å². The van der Waals surface area contributed by atoms with Crippen LogP contribution in [0, 0.1) is 10.1 Å². The molecule has 0 bridgehead atoms. The third-order valence-electron chi connectivity index (χ3n) is 3.31. The van der Waals surface area contributed by atoms with E-state index in [-0.39, 0.29) is 21.9 Å². The molecule has 1 aliphatic heterocycles. The molecule has 0 aliphatic carbocycles. The average molecular weight is 334 g/mol. The van der Waals surface area contributed by atoms with Crippen LogP contribution in [0.25, 0.3) is 0 Å². The number of hydrogen-bond donors (Lipinski definition) is 0. The first kappa shape index (κ1) is 15.0. The molecular weight excluding hydrogens is 324 g/mol. The van der Waals surface area contributed by atoms with Crippen LogP contribution in [0.5, 0.6) is 5.75 Å². The summed E-state index contributed by atoms with van der Waals surface area (Å²) in [6.07, 6.45) is 0. The maximum absolute atomic E-state index is 12.3. The number of nitro groups is 1. The fourth-order valence-electron chi connectivity index (χ4n) is 2.16. The van der Waals surface area contributed by atoms with Gasteiger partial charge in [0.05, 0.1) is 10.5 Å². The number of hydrogen-bond acceptors (Lipinski definition) is 6. The van der Waals surface area contributed by atoms with E-state index in [1.165, 1.54) is 42.5 Å². The number of sulfonamides is 1. The molecule has 0 saturated heterocycles. The standard InChI is InChI=1S/C14H10N2O6S/c17-14-12-3-1-2-4-13(12)23(20,21)15(14)9-22-11-7-5-10(6-8-11)16(18)19/h1-8H,9H2. The molecule has 0 N–H and O–H groups in total. The molecule has 1 amide bonds. The molecule has 0 saturated carbocycles. The van der Waals surface area contributed by atoms with E-state index in [0.717, 1.165) is 0 Å². The van der Waals surface area contributed by atoms with Crippen LogP contribution < -0.4 is 4.74 Å². The van der Waals surface area contributed by atoms with Crippen LogP contribution in [0.4, 0.5) is 5.69 Å². The van der Waals surface area contributed by atoms with Crippen LogP contribution in [-0.2, 0) is 10.0 Å². The van der Waals surface area contributed by atoms with Crippen LogP contribution in [0.2, 0.25) is 0 Å². The minimum absolute atomic E-state index is 0.0581. The zero-order valence-corrected chi connectivity index (χ0v) is 12.4. The van der Waals surface area contributed by atoms with E-state index < -0.39 is 27.6 Å². The van der Waals surface area contributed by atoms with Crippen molar-refractivity contribution in [1.82, 2.24) is 4.31 Å². The maximum atomic E-state index is 12.3. The van der Waals surface area contributed by atoms with E-state index >= 15 is 0 Å². The summed E-state index contributed by atoms with van der Waals surface area (Å²) >= 11 is 0. The summed E-state index contributed by atoms with van der Waals surface area (Å²) in [6, 6.07) is 11.0. The monoisotopic (exact) mass is 334 g/mol. The van der Waals surface area contributed by atoms with Crippen molar-refractivity contribution in [3.63, 3.8) is 0 Å². The highest BCUT2D eigenvalue weighted by Crippen LogP contribution is 2.30. The van der Waals surface area contributed by atoms with Gasteiger partial charge in [0.25, 0.3) is 21.6 Å². The first-order valence-electron chi connectivity index (χ1n) is 6.44.